The summed E-state index contributed by atoms with van der Waals surface area (Å²) in [7, 11) is -3.86. The Kier molecular flexibility index (Phi) is 5.52. The van der Waals surface area contributed by atoms with Gasteiger partial charge in [-0.3, -0.25) is 0 Å². The van der Waals surface area contributed by atoms with Crippen molar-refractivity contribution in [3.8, 4) is 5.75 Å². The third-order valence-corrected chi connectivity index (χ3v) is 6.73. The lowest BCUT2D eigenvalue weighted by Gasteiger charge is -2.23. The van der Waals surface area contributed by atoms with Gasteiger partial charge in [-0.15, -0.1) is 0 Å². The maximum absolute atomic E-state index is 13.2. The molecule has 0 radical (unpaired) electrons. The van der Waals surface area contributed by atoms with Gasteiger partial charge in [0.15, 0.2) is 0 Å². The van der Waals surface area contributed by atoms with Gasteiger partial charge in [0.05, 0.1) is 10.9 Å². The number of nitrogens with one attached hydrogen (secondary N) is 1. The van der Waals surface area contributed by atoms with E-state index in [1.54, 1.807) is 54.6 Å². The Morgan fingerprint density at radius 1 is 0.867 bits per heavy atom. The molecule has 152 valence electrons. The Labute approximate surface area is 180 Å². The van der Waals surface area contributed by atoms with Crippen LogP contribution in [0.15, 0.2) is 89.8 Å². The van der Waals surface area contributed by atoms with Crippen molar-refractivity contribution in [2.45, 2.75) is 17.9 Å². The summed E-state index contributed by atoms with van der Waals surface area (Å²) in [6, 6.07) is 23.7. The van der Waals surface area contributed by atoms with Crippen molar-refractivity contribution in [2.75, 3.05) is 0 Å². The summed E-state index contributed by atoms with van der Waals surface area (Å²) in [5.41, 5.74) is 2.13. The molecule has 4 rings (SSSR count). The maximum atomic E-state index is 13.2. The Hall–Kier alpha value is -2.86. The number of aryl methyl sites for hydroxylation is 1. The molecule has 0 aromatic heterocycles. The largest absolute Gasteiger partial charge is 0.508 e. The normalized spacial score (nSPS) is 12.7. The van der Waals surface area contributed by atoms with Crippen molar-refractivity contribution < 1.29 is 13.5 Å². The van der Waals surface area contributed by atoms with Gasteiger partial charge in [-0.05, 0) is 53.6 Å². The molecule has 0 aliphatic carbocycles. The zero-order valence-corrected chi connectivity index (χ0v) is 17.8. The molecule has 0 saturated carbocycles. The van der Waals surface area contributed by atoms with E-state index >= 15 is 0 Å². The van der Waals surface area contributed by atoms with Crippen molar-refractivity contribution in [1.82, 2.24) is 4.72 Å². The summed E-state index contributed by atoms with van der Waals surface area (Å²) >= 11 is 6.04. The Bertz CT molecular complexity index is 1300. The van der Waals surface area contributed by atoms with Gasteiger partial charge < -0.3 is 5.11 Å². The number of rotatable bonds is 5. The van der Waals surface area contributed by atoms with Crippen LogP contribution in [-0.4, -0.2) is 13.5 Å². The molecule has 0 aliphatic heterocycles. The fraction of sp³-hybridized carbons (Fsp3) is 0.0833. The van der Waals surface area contributed by atoms with E-state index in [2.05, 4.69) is 4.72 Å². The SMILES string of the molecule is Cc1ccc(S(=O)(=O)N[C@H](c2ccc(Cl)cc2)c2c(O)ccc3ccccc23)cc1. The van der Waals surface area contributed by atoms with Crippen molar-refractivity contribution in [1.29, 1.82) is 0 Å². The molecule has 2 N–H and O–H groups in total. The third-order valence-electron chi connectivity index (χ3n) is 5.04. The molecule has 0 bridgehead atoms. The highest BCUT2D eigenvalue weighted by Crippen LogP contribution is 2.37. The van der Waals surface area contributed by atoms with Crippen LogP contribution in [-0.2, 0) is 10.0 Å². The average Bonchev–Trinajstić information content (AvgIpc) is 2.73. The van der Waals surface area contributed by atoms with Crippen LogP contribution in [0.5, 0.6) is 5.75 Å². The number of phenols is 1. The summed E-state index contributed by atoms with van der Waals surface area (Å²) in [4.78, 5) is 0.159. The van der Waals surface area contributed by atoms with E-state index in [-0.39, 0.29) is 10.6 Å². The molecular weight excluding hydrogens is 418 g/mol. The zero-order chi connectivity index (χ0) is 21.3. The minimum absolute atomic E-state index is 0.0141. The van der Waals surface area contributed by atoms with Gasteiger partial charge in [-0.2, -0.15) is 4.72 Å². The zero-order valence-electron chi connectivity index (χ0n) is 16.2. The summed E-state index contributed by atoms with van der Waals surface area (Å²) in [6.07, 6.45) is 0. The van der Waals surface area contributed by atoms with Crippen molar-refractivity contribution in [2.24, 2.45) is 0 Å². The topological polar surface area (TPSA) is 66.4 Å². The van der Waals surface area contributed by atoms with Crippen molar-refractivity contribution in [3.05, 3.63) is 107 Å². The van der Waals surface area contributed by atoms with E-state index in [9.17, 15) is 13.5 Å². The molecular formula is C24H20ClNO3S. The van der Waals surface area contributed by atoms with Gasteiger partial charge in [0.1, 0.15) is 5.75 Å². The first kappa shape index (κ1) is 20.4. The van der Waals surface area contributed by atoms with Crippen molar-refractivity contribution in [3.63, 3.8) is 0 Å². The number of sulfonamides is 1. The monoisotopic (exact) mass is 437 g/mol. The number of halogens is 1. The molecule has 0 heterocycles. The summed E-state index contributed by atoms with van der Waals surface area (Å²) in [5, 5.41) is 12.9. The first-order valence-electron chi connectivity index (χ1n) is 9.40. The lowest BCUT2D eigenvalue weighted by molar-refractivity contribution is 0.464. The van der Waals surface area contributed by atoms with E-state index in [0.717, 1.165) is 16.3 Å². The van der Waals surface area contributed by atoms with Crippen LogP contribution < -0.4 is 4.72 Å². The van der Waals surface area contributed by atoms with Crippen LogP contribution in [0.3, 0.4) is 0 Å². The first-order chi connectivity index (χ1) is 14.3. The Morgan fingerprint density at radius 3 is 2.23 bits per heavy atom. The van der Waals surface area contributed by atoms with Gasteiger partial charge in [0, 0.05) is 10.6 Å². The Balaban J connectivity index is 1.89. The van der Waals surface area contributed by atoms with Gasteiger partial charge in [-0.25, -0.2) is 8.42 Å². The highest BCUT2D eigenvalue weighted by Gasteiger charge is 2.26. The smallest absolute Gasteiger partial charge is 0.241 e. The van der Waals surface area contributed by atoms with Crippen LogP contribution >= 0.6 is 11.6 Å². The summed E-state index contributed by atoms with van der Waals surface area (Å²) in [5.74, 6) is 0.0141. The second-order valence-electron chi connectivity index (χ2n) is 7.14. The van der Waals surface area contributed by atoms with E-state index in [1.807, 2.05) is 37.3 Å². The van der Waals surface area contributed by atoms with E-state index in [0.29, 0.717) is 16.1 Å². The molecule has 0 fully saturated rings. The van der Waals surface area contributed by atoms with E-state index in [1.165, 1.54) is 0 Å². The summed E-state index contributed by atoms with van der Waals surface area (Å²) in [6.45, 7) is 1.90. The molecule has 6 heteroatoms. The van der Waals surface area contributed by atoms with Crippen molar-refractivity contribution >= 4 is 32.4 Å². The molecule has 0 spiro atoms. The minimum atomic E-state index is -3.86. The number of phenolic OH excluding ortho intramolecular Hbond substituents is 1. The van der Waals surface area contributed by atoms with E-state index < -0.39 is 16.1 Å². The van der Waals surface area contributed by atoms with Gasteiger partial charge in [-0.1, -0.05) is 71.8 Å². The predicted octanol–water partition coefficient (Wildman–Crippen LogP) is 5.58. The average molecular weight is 438 g/mol. The molecule has 0 aliphatic rings. The minimum Gasteiger partial charge on any atom is -0.508 e. The number of fused-ring (bicyclic) bond motifs is 1. The number of aromatic hydroxyl groups is 1. The predicted molar refractivity (Wildman–Crippen MR) is 120 cm³/mol. The number of hydrogen-bond acceptors (Lipinski definition) is 3. The molecule has 0 amide bonds. The number of benzene rings is 4. The molecule has 30 heavy (non-hydrogen) atoms. The molecule has 4 aromatic rings. The molecule has 4 aromatic carbocycles. The quantitative estimate of drug-likeness (QED) is 0.428. The molecule has 0 saturated heterocycles. The Morgan fingerprint density at radius 2 is 1.53 bits per heavy atom. The van der Waals surface area contributed by atoms with Crippen LogP contribution in [0, 0.1) is 6.92 Å². The fourth-order valence-corrected chi connectivity index (χ4v) is 4.80. The highest BCUT2D eigenvalue weighted by atomic mass is 35.5. The van der Waals surface area contributed by atoms with Gasteiger partial charge in [0.2, 0.25) is 10.0 Å². The summed E-state index contributed by atoms with van der Waals surface area (Å²) < 4.78 is 29.2. The van der Waals surface area contributed by atoms with Crippen LogP contribution in [0.2, 0.25) is 5.02 Å². The van der Waals surface area contributed by atoms with E-state index in [4.69, 9.17) is 11.6 Å². The second-order valence-corrected chi connectivity index (χ2v) is 9.29. The maximum Gasteiger partial charge on any atom is 0.241 e. The van der Waals surface area contributed by atoms with Gasteiger partial charge in [0.25, 0.3) is 0 Å². The highest BCUT2D eigenvalue weighted by molar-refractivity contribution is 7.89. The first-order valence-corrected chi connectivity index (χ1v) is 11.3. The third kappa shape index (κ3) is 4.05. The second kappa shape index (κ2) is 8.11. The van der Waals surface area contributed by atoms with Crippen LogP contribution in [0.25, 0.3) is 10.8 Å². The number of hydrogen-bond donors (Lipinski definition) is 2. The standard InChI is InChI=1S/C24H20ClNO3S/c1-16-6-13-20(14-7-16)30(28,29)26-24(18-8-11-19(25)12-9-18)23-21-5-3-2-4-17(21)10-15-22(23)27/h2-15,24,26-27H,1H3/t24-/m1/s1. The van der Waals surface area contributed by atoms with Gasteiger partial charge >= 0.3 is 0 Å². The van der Waals surface area contributed by atoms with Crippen LogP contribution in [0.1, 0.15) is 22.7 Å². The van der Waals surface area contributed by atoms with Crippen LogP contribution in [0.4, 0.5) is 0 Å². The lowest BCUT2D eigenvalue weighted by atomic mass is 9.93. The fourth-order valence-electron chi connectivity index (χ4n) is 3.48. The lowest BCUT2D eigenvalue weighted by Crippen LogP contribution is -2.29. The molecule has 0 unspecified atom stereocenters. The molecule has 1 atom stereocenters. The molecule has 4 nitrogen and oxygen atoms in total.